The maximum atomic E-state index is 6.28. The van der Waals surface area contributed by atoms with Crippen molar-refractivity contribution in [2.24, 2.45) is 5.73 Å². The van der Waals surface area contributed by atoms with Gasteiger partial charge in [0.25, 0.3) is 5.89 Å². The lowest BCUT2D eigenvalue weighted by Crippen LogP contribution is -2.44. The van der Waals surface area contributed by atoms with Gasteiger partial charge in [-0.15, -0.1) is 0 Å². The van der Waals surface area contributed by atoms with Gasteiger partial charge in [0.15, 0.2) is 11.6 Å². The van der Waals surface area contributed by atoms with E-state index in [1.54, 1.807) is 16.8 Å². The van der Waals surface area contributed by atoms with Gasteiger partial charge in [-0.1, -0.05) is 16.8 Å². The van der Waals surface area contributed by atoms with Crippen LogP contribution in [0.25, 0.3) is 17.4 Å². The lowest BCUT2D eigenvalue weighted by atomic mass is 9.77. The molecule has 0 aromatic carbocycles. The Balaban J connectivity index is 1.76. The van der Waals surface area contributed by atoms with Crippen molar-refractivity contribution in [3.05, 3.63) is 40.4 Å². The van der Waals surface area contributed by atoms with Crippen molar-refractivity contribution in [1.82, 2.24) is 24.9 Å². The van der Waals surface area contributed by atoms with Crippen LogP contribution in [0.3, 0.4) is 0 Å². The summed E-state index contributed by atoms with van der Waals surface area (Å²) in [5.41, 5.74) is 8.09. The number of pyridine rings is 1. The minimum atomic E-state index is -0.485. The first-order chi connectivity index (χ1) is 11.5. The number of hydrogen-bond donors (Lipinski definition) is 1. The van der Waals surface area contributed by atoms with Gasteiger partial charge < -0.3 is 10.3 Å². The fraction of sp³-hybridized carbons (Fsp3) is 0.375. The molecule has 3 aromatic heterocycles. The van der Waals surface area contributed by atoms with Crippen LogP contribution in [0.4, 0.5) is 0 Å². The Morgan fingerprint density at radius 2 is 2.04 bits per heavy atom. The summed E-state index contributed by atoms with van der Waals surface area (Å²) in [6.07, 6.45) is 2.80. The molecular formula is C16H17ClN6O. The van der Waals surface area contributed by atoms with Crippen LogP contribution in [0, 0.1) is 13.8 Å². The molecule has 4 rings (SSSR count). The number of nitrogens with two attached hydrogens (primary N) is 1. The molecule has 8 heteroatoms. The zero-order valence-corrected chi connectivity index (χ0v) is 14.2. The zero-order chi connectivity index (χ0) is 16.9. The number of nitrogens with zero attached hydrogens (tertiary/aromatic N) is 5. The maximum absolute atomic E-state index is 6.28. The van der Waals surface area contributed by atoms with Gasteiger partial charge in [0.2, 0.25) is 0 Å². The second kappa shape index (κ2) is 5.39. The molecule has 0 bridgehead atoms. The van der Waals surface area contributed by atoms with Crippen LogP contribution >= 0.6 is 11.6 Å². The highest BCUT2D eigenvalue weighted by Gasteiger charge is 2.39. The van der Waals surface area contributed by atoms with Gasteiger partial charge in [-0.3, -0.25) is 0 Å². The minimum Gasteiger partial charge on any atom is -0.332 e. The van der Waals surface area contributed by atoms with Crippen molar-refractivity contribution in [2.45, 2.75) is 38.6 Å². The smallest absolute Gasteiger partial charge is 0.278 e. The summed E-state index contributed by atoms with van der Waals surface area (Å²) in [6.45, 7) is 3.90. The number of rotatable bonds is 3. The summed E-state index contributed by atoms with van der Waals surface area (Å²) in [4.78, 5) is 8.98. The second-order valence-electron chi connectivity index (χ2n) is 6.27. The highest BCUT2D eigenvalue weighted by Crippen LogP contribution is 2.38. The van der Waals surface area contributed by atoms with Gasteiger partial charge in [0, 0.05) is 5.69 Å². The number of hydrogen-bond acceptors (Lipinski definition) is 6. The number of aromatic nitrogens is 5. The molecule has 0 aliphatic heterocycles. The van der Waals surface area contributed by atoms with E-state index in [1.165, 1.54) is 0 Å². The minimum absolute atomic E-state index is 0.273. The third-order valence-corrected chi connectivity index (χ3v) is 4.68. The van der Waals surface area contributed by atoms with Crippen LogP contribution in [-0.4, -0.2) is 24.9 Å². The SMILES string of the molecule is Cc1cc(C)n(-c2ccc(Cl)c(-c3nc(C4(N)CCC4)no3)n2)n1. The fourth-order valence-corrected chi connectivity index (χ4v) is 3.05. The standard InChI is InChI=1S/C16H17ClN6O/c1-9-8-10(2)23(21-9)12-5-4-11(17)13(19-12)14-20-15(22-24-14)16(18)6-3-7-16/h4-5,8H,3,6-7,18H2,1-2H3. The Morgan fingerprint density at radius 3 is 2.67 bits per heavy atom. The first kappa shape index (κ1) is 15.3. The Morgan fingerprint density at radius 1 is 1.25 bits per heavy atom. The predicted molar refractivity (Wildman–Crippen MR) is 88.9 cm³/mol. The average molecular weight is 345 g/mol. The lowest BCUT2D eigenvalue weighted by Gasteiger charge is -2.34. The maximum Gasteiger partial charge on any atom is 0.278 e. The second-order valence-corrected chi connectivity index (χ2v) is 6.68. The van der Waals surface area contributed by atoms with Gasteiger partial charge in [-0.25, -0.2) is 9.67 Å². The van der Waals surface area contributed by atoms with E-state index in [0.29, 0.717) is 22.4 Å². The van der Waals surface area contributed by atoms with Gasteiger partial charge in [0.05, 0.1) is 16.3 Å². The zero-order valence-electron chi connectivity index (χ0n) is 13.5. The normalized spacial score (nSPS) is 16.2. The molecule has 1 saturated carbocycles. The quantitative estimate of drug-likeness (QED) is 0.784. The van der Waals surface area contributed by atoms with Crippen LogP contribution in [-0.2, 0) is 5.54 Å². The van der Waals surface area contributed by atoms with Gasteiger partial charge in [0.1, 0.15) is 5.69 Å². The fourth-order valence-electron chi connectivity index (χ4n) is 2.86. The number of aryl methyl sites for hydroxylation is 2. The summed E-state index contributed by atoms with van der Waals surface area (Å²) >= 11 is 6.28. The van der Waals surface area contributed by atoms with Crippen LogP contribution in [0.5, 0.6) is 0 Å². The molecule has 0 spiro atoms. The average Bonchev–Trinajstić information content (AvgIpc) is 3.12. The van der Waals surface area contributed by atoms with E-state index in [0.717, 1.165) is 30.7 Å². The molecule has 2 N–H and O–H groups in total. The van der Waals surface area contributed by atoms with Gasteiger partial charge >= 0.3 is 0 Å². The Hall–Kier alpha value is -2.25. The van der Waals surface area contributed by atoms with Crippen molar-refractivity contribution in [1.29, 1.82) is 0 Å². The summed E-state index contributed by atoms with van der Waals surface area (Å²) in [6, 6.07) is 5.54. The number of halogens is 1. The third-order valence-electron chi connectivity index (χ3n) is 4.38. The van der Waals surface area contributed by atoms with E-state index in [-0.39, 0.29) is 5.89 Å². The largest absolute Gasteiger partial charge is 0.332 e. The Kier molecular flexibility index (Phi) is 3.43. The molecule has 24 heavy (non-hydrogen) atoms. The first-order valence-electron chi connectivity index (χ1n) is 7.80. The van der Waals surface area contributed by atoms with Crippen molar-refractivity contribution < 1.29 is 4.52 Å². The van der Waals surface area contributed by atoms with E-state index >= 15 is 0 Å². The molecule has 0 saturated heterocycles. The van der Waals surface area contributed by atoms with Gasteiger partial charge in [-0.2, -0.15) is 10.1 Å². The first-order valence-corrected chi connectivity index (χ1v) is 8.18. The molecule has 0 unspecified atom stereocenters. The highest BCUT2D eigenvalue weighted by molar-refractivity contribution is 6.32. The summed E-state index contributed by atoms with van der Waals surface area (Å²) in [5.74, 6) is 1.43. The molecule has 1 aliphatic rings. The molecule has 0 amide bonds. The predicted octanol–water partition coefficient (Wildman–Crippen LogP) is 2.93. The van der Waals surface area contributed by atoms with Crippen LogP contribution in [0.15, 0.2) is 22.7 Å². The van der Waals surface area contributed by atoms with Crippen molar-refractivity contribution in [2.75, 3.05) is 0 Å². The monoisotopic (exact) mass is 344 g/mol. The Labute approximate surface area is 143 Å². The van der Waals surface area contributed by atoms with E-state index in [9.17, 15) is 0 Å². The molecule has 1 fully saturated rings. The van der Waals surface area contributed by atoms with Crippen LogP contribution < -0.4 is 5.73 Å². The summed E-state index contributed by atoms with van der Waals surface area (Å²) in [5, 5.41) is 8.90. The van der Waals surface area contributed by atoms with Gasteiger partial charge in [-0.05, 0) is 51.3 Å². The van der Waals surface area contributed by atoms with Crippen molar-refractivity contribution in [3.8, 4) is 17.4 Å². The summed E-state index contributed by atoms with van der Waals surface area (Å²) < 4.78 is 7.11. The van der Waals surface area contributed by atoms with Crippen molar-refractivity contribution >= 4 is 11.6 Å². The third kappa shape index (κ3) is 2.40. The lowest BCUT2D eigenvalue weighted by molar-refractivity contribution is 0.229. The van der Waals surface area contributed by atoms with E-state index in [2.05, 4.69) is 20.2 Å². The van der Waals surface area contributed by atoms with E-state index in [1.807, 2.05) is 19.9 Å². The summed E-state index contributed by atoms with van der Waals surface area (Å²) in [7, 11) is 0. The molecule has 3 heterocycles. The molecule has 0 radical (unpaired) electrons. The van der Waals surface area contributed by atoms with E-state index in [4.69, 9.17) is 21.9 Å². The topological polar surface area (TPSA) is 95.7 Å². The molecule has 124 valence electrons. The van der Waals surface area contributed by atoms with E-state index < -0.39 is 5.54 Å². The highest BCUT2D eigenvalue weighted by atomic mass is 35.5. The Bertz CT molecular complexity index is 911. The molecule has 1 aliphatic carbocycles. The van der Waals surface area contributed by atoms with Crippen LogP contribution in [0.2, 0.25) is 5.02 Å². The molecular weight excluding hydrogens is 328 g/mol. The van der Waals surface area contributed by atoms with Crippen molar-refractivity contribution in [3.63, 3.8) is 0 Å². The molecule has 7 nitrogen and oxygen atoms in total. The molecule has 3 aromatic rings. The van der Waals surface area contributed by atoms with Crippen LogP contribution in [0.1, 0.15) is 36.5 Å². The molecule has 0 atom stereocenters.